The van der Waals surface area contributed by atoms with Crippen LogP contribution in [-0.2, 0) is 20.8 Å². The molecule has 0 radical (unpaired) electrons. The Labute approximate surface area is 246 Å². The summed E-state index contributed by atoms with van der Waals surface area (Å²) < 4.78 is 22.2. The second-order valence-electron chi connectivity index (χ2n) is 11.3. The number of nitrogens with one attached hydrogen (secondary N) is 1. The number of amides is 2. The Morgan fingerprint density at radius 1 is 1.12 bits per heavy atom. The molecule has 4 rings (SSSR count). The van der Waals surface area contributed by atoms with Crippen molar-refractivity contribution < 1.29 is 33.3 Å². The molecule has 0 unspecified atom stereocenters. The number of ether oxygens (including phenoxy) is 4. The highest BCUT2D eigenvalue weighted by molar-refractivity contribution is 6.01. The number of benzene rings is 3. The fourth-order valence-electron chi connectivity index (χ4n) is 4.76. The molecule has 10 heteroatoms. The Morgan fingerprint density at radius 3 is 2.55 bits per heavy atom. The molecule has 1 aliphatic heterocycles. The number of methoxy groups -OCH3 is 2. The molecule has 1 aliphatic rings. The second kappa shape index (κ2) is 12.7. The van der Waals surface area contributed by atoms with Gasteiger partial charge in [-0.15, -0.1) is 0 Å². The monoisotopic (exact) mass is 577 g/mol. The average Bonchev–Trinajstić information content (AvgIpc) is 3.10. The van der Waals surface area contributed by atoms with Gasteiger partial charge in [-0.25, -0.2) is 9.59 Å². The highest BCUT2D eigenvalue weighted by Gasteiger charge is 2.33. The van der Waals surface area contributed by atoms with Crippen molar-refractivity contribution in [1.29, 1.82) is 0 Å². The van der Waals surface area contributed by atoms with E-state index in [1.165, 1.54) is 12.0 Å². The Morgan fingerprint density at radius 2 is 1.86 bits per heavy atom. The van der Waals surface area contributed by atoms with E-state index in [0.29, 0.717) is 29.3 Å². The van der Waals surface area contributed by atoms with Crippen molar-refractivity contribution in [3.05, 3.63) is 65.7 Å². The number of para-hydroxylation sites is 2. The predicted molar refractivity (Wildman–Crippen MR) is 160 cm³/mol. The van der Waals surface area contributed by atoms with Crippen LogP contribution in [0.5, 0.6) is 11.5 Å². The lowest BCUT2D eigenvalue weighted by Gasteiger charge is -2.30. The zero-order valence-corrected chi connectivity index (χ0v) is 25.2. The van der Waals surface area contributed by atoms with E-state index in [0.717, 1.165) is 16.3 Å². The molecule has 224 valence electrons. The molecule has 0 saturated carbocycles. The van der Waals surface area contributed by atoms with Crippen LogP contribution in [0.15, 0.2) is 54.6 Å². The van der Waals surface area contributed by atoms with Crippen LogP contribution in [0.4, 0.5) is 10.5 Å². The maximum Gasteiger partial charge on any atom is 0.410 e. The molecular weight excluding hydrogens is 538 g/mol. The maximum atomic E-state index is 14.1. The van der Waals surface area contributed by atoms with Crippen molar-refractivity contribution in [2.24, 2.45) is 0 Å². The number of likely N-dealkylation sites (N-methyl/N-ethyl adjacent to an activating group) is 1. The number of rotatable bonds is 8. The van der Waals surface area contributed by atoms with Crippen LogP contribution in [0.2, 0.25) is 0 Å². The molecular formula is C32H39N3O7. The Balaban J connectivity index is 1.63. The van der Waals surface area contributed by atoms with Crippen molar-refractivity contribution >= 4 is 34.4 Å². The lowest BCUT2D eigenvalue weighted by molar-refractivity contribution is -0.121. The normalized spacial score (nSPS) is 15.7. The van der Waals surface area contributed by atoms with E-state index >= 15 is 0 Å². The number of nitrogens with zero attached hydrogens (tertiary/aromatic N) is 2. The van der Waals surface area contributed by atoms with Gasteiger partial charge in [0.25, 0.3) is 0 Å². The van der Waals surface area contributed by atoms with Crippen molar-refractivity contribution in [3.63, 3.8) is 0 Å². The molecule has 0 bridgehead atoms. The third-order valence-electron chi connectivity index (χ3n) is 7.17. The van der Waals surface area contributed by atoms with Crippen LogP contribution in [-0.4, -0.2) is 75.0 Å². The van der Waals surface area contributed by atoms with Crippen LogP contribution in [0.3, 0.4) is 0 Å². The van der Waals surface area contributed by atoms with Gasteiger partial charge in [0.1, 0.15) is 29.7 Å². The zero-order valence-electron chi connectivity index (χ0n) is 25.2. The smallest absolute Gasteiger partial charge is 0.410 e. The summed E-state index contributed by atoms with van der Waals surface area (Å²) in [6.07, 6.45) is -0.437. The molecule has 10 nitrogen and oxygen atoms in total. The minimum Gasteiger partial charge on any atom is -0.496 e. The number of fused-ring (bicyclic) bond motifs is 2. The highest BCUT2D eigenvalue weighted by Crippen LogP contribution is 2.36. The zero-order chi connectivity index (χ0) is 30.6. The van der Waals surface area contributed by atoms with E-state index in [1.54, 1.807) is 31.2 Å². The van der Waals surface area contributed by atoms with E-state index in [4.69, 9.17) is 18.9 Å². The summed E-state index contributed by atoms with van der Waals surface area (Å²) in [6, 6.07) is 15.5. The topological polar surface area (TPSA) is 107 Å². The molecule has 42 heavy (non-hydrogen) atoms. The van der Waals surface area contributed by atoms with Crippen LogP contribution in [0, 0.1) is 0 Å². The lowest BCUT2D eigenvalue weighted by atomic mass is 10.00. The Kier molecular flexibility index (Phi) is 9.26. The molecule has 1 heterocycles. The van der Waals surface area contributed by atoms with Crippen LogP contribution in [0.25, 0.3) is 10.8 Å². The van der Waals surface area contributed by atoms with Gasteiger partial charge in [-0.3, -0.25) is 4.79 Å². The Hall–Kier alpha value is -4.31. The SMILES string of the molecule is COC(=O)c1ccc2c(CN3C(=O)[C@@H](NC[C@H](C)N(C)C(=O)OC(C)(C)C)COc4ccccc43)c(OC)ccc2c1. The minimum absolute atomic E-state index is 0.115. The van der Waals surface area contributed by atoms with Crippen LogP contribution < -0.4 is 19.7 Å². The molecule has 3 aromatic carbocycles. The van der Waals surface area contributed by atoms with Gasteiger partial charge < -0.3 is 34.1 Å². The lowest BCUT2D eigenvalue weighted by Crippen LogP contribution is -2.52. The second-order valence-corrected chi connectivity index (χ2v) is 11.3. The molecule has 2 atom stereocenters. The summed E-state index contributed by atoms with van der Waals surface area (Å²) in [7, 11) is 4.60. The van der Waals surface area contributed by atoms with Gasteiger partial charge in [-0.05, 0) is 68.8 Å². The average molecular weight is 578 g/mol. The first-order valence-electron chi connectivity index (χ1n) is 13.8. The van der Waals surface area contributed by atoms with Gasteiger partial charge in [0.05, 0.1) is 32.0 Å². The number of anilines is 1. The minimum atomic E-state index is -0.682. The van der Waals surface area contributed by atoms with Crippen molar-refractivity contribution in [2.45, 2.75) is 51.9 Å². The first-order valence-corrected chi connectivity index (χ1v) is 13.8. The van der Waals surface area contributed by atoms with E-state index < -0.39 is 23.7 Å². The van der Waals surface area contributed by atoms with Gasteiger partial charge in [-0.2, -0.15) is 0 Å². The molecule has 3 aromatic rings. The summed E-state index contributed by atoms with van der Waals surface area (Å²) >= 11 is 0. The van der Waals surface area contributed by atoms with Crippen LogP contribution in [0.1, 0.15) is 43.6 Å². The standard InChI is InChI=1S/C32H39N3O7/c1-20(34(5)31(38)42-32(2,3)4)17-33-25-19-41-28-11-9-8-10-26(28)35(29(25)36)18-24-23-14-12-22(30(37)40-7)16-21(23)13-15-27(24)39-6/h8-16,20,25,33H,17-19H2,1-7H3/t20-,25-/m0/s1. The first-order chi connectivity index (χ1) is 19.9. The number of carbonyl (C=O) groups is 3. The Bertz CT molecular complexity index is 1470. The summed E-state index contributed by atoms with van der Waals surface area (Å²) in [5.74, 6) is 0.586. The largest absolute Gasteiger partial charge is 0.496 e. The van der Waals surface area contributed by atoms with Crippen molar-refractivity contribution in [1.82, 2.24) is 10.2 Å². The fraction of sp³-hybridized carbons (Fsp3) is 0.406. The molecule has 0 aromatic heterocycles. The highest BCUT2D eigenvalue weighted by atomic mass is 16.6. The van der Waals surface area contributed by atoms with Gasteiger partial charge in [0, 0.05) is 25.2 Å². The number of carbonyl (C=O) groups excluding carboxylic acids is 3. The number of esters is 1. The summed E-state index contributed by atoms with van der Waals surface area (Å²) in [5.41, 5.74) is 1.24. The number of hydrogen-bond donors (Lipinski definition) is 1. The summed E-state index contributed by atoms with van der Waals surface area (Å²) in [5, 5.41) is 4.96. The van der Waals surface area contributed by atoms with Gasteiger partial charge in [0.2, 0.25) is 5.91 Å². The van der Waals surface area contributed by atoms with E-state index in [1.807, 2.05) is 70.2 Å². The third-order valence-corrected chi connectivity index (χ3v) is 7.17. The van der Waals surface area contributed by atoms with Crippen molar-refractivity contribution in [2.75, 3.05) is 39.3 Å². The van der Waals surface area contributed by atoms with Gasteiger partial charge >= 0.3 is 12.1 Å². The fourth-order valence-corrected chi connectivity index (χ4v) is 4.76. The third kappa shape index (κ3) is 6.76. The van der Waals surface area contributed by atoms with E-state index in [9.17, 15) is 14.4 Å². The summed E-state index contributed by atoms with van der Waals surface area (Å²) in [6.45, 7) is 7.99. The maximum absolute atomic E-state index is 14.1. The van der Waals surface area contributed by atoms with E-state index in [2.05, 4.69) is 5.32 Å². The molecule has 2 amide bonds. The first kappa shape index (κ1) is 30.6. The molecule has 1 N–H and O–H groups in total. The summed E-state index contributed by atoms with van der Waals surface area (Å²) in [4.78, 5) is 42.0. The quantitative estimate of drug-likeness (QED) is 0.382. The molecule has 0 fully saturated rings. The van der Waals surface area contributed by atoms with Crippen molar-refractivity contribution in [3.8, 4) is 11.5 Å². The number of hydrogen-bond acceptors (Lipinski definition) is 8. The van der Waals surface area contributed by atoms with Crippen LogP contribution >= 0.6 is 0 Å². The molecule has 0 saturated heterocycles. The van der Waals surface area contributed by atoms with E-state index in [-0.39, 0.29) is 25.1 Å². The molecule has 0 spiro atoms. The van der Waals surface area contributed by atoms with Gasteiger partial charge in [-0.1, -0.05) is 24.3 Å². The predicted octanol–water partition coefficient (Wildman–Crippen LogP) is 4.77. The molecule has 0 aliphatic carbocycles. The van der Waals surface area contributed by atoms with Gasteiger partial charge in [0.15, 0.2) is 0 Å².